The molecule has 0 bridgehead atoms. The lowest BCUT2D eigenvalue weighted by Crippen LogP contribution is -2.26. The Kier molecular flexibility index (Phi) is 6.17. The van der Waals surface area contributed by atoms with Crippen molar-refractivity contribution in [3.8, 4) is 21.7 Å². The molecule has 156 valence electrons. The van der Waals surface area contributed by atoms with E-state index in [1.165, 1.54) is 90.7 Å². The van der Waals surface area contributed by atoms with E-state index in [1.54, 1.807) is 0 Å². The minimum absolute atomic E-state index is 0.500. The minimum Gasteiger partial charge on any atom is -0.313 e. The fraction of sp³-hybridized carbons (Fsp3) is 0.444. The molecule has 1 heterocycles. The smallest absolute Gasteiger partial charge is 0.186 e. The second-order valence-electron chi connectivity index (χ2n) is 8.88. The molecule has 5 rings (SSSR count). The van der Waals surface area contributed by atoms with Crippen LogP contribution in [0.15, 0.2) is 65.7 Å². The summed E-state index contributed by atoms with van der Waals surface area (Å²) in [5, 5.41) is 0. The van der Waals surface area contributed by atoms with Gasteiger partial charge in [-0.25, -0.2) is 0 Å². The molecular weight excluding hydrogens is 384 g/mol. The van der Waals surface area contributed by atoms with Gasteiger partial charge in [-0.05, 0) is 36.8 Å². The number of rotatable bonds is 4. The van der Waals surface area contributed by atoms with Crippen LogP contribution in [0.25, 0.3) is 21.7 Å². The van der Waals surface area contributed by atoms with Gasteiger partial charge in [0.05, 0.1) is 16.6 Å². The molecule has 2 aromatic carbocycles. The van der Waals surface area contributed by atoms with Gasteiger partial charge in [0, 0.05) is 6.04 Å². The Bertz CT molecular complexity index is 1000. The second-order valence-corrected chi connectivity index (χ2v) is 9.85. The van der Waals surface area contributed by atoms with Crippen LogP contribution < -0.4 is 4.80 Å². The molecular formula is C27H32N2S. The predicted octanol–water partition coefficient (Wildman–Crippen LogP) is 7.62. The summed E-state index contributed by atoms with van der Waals surface area (Å²) in [6, 6.07) is 23.0. The maximum absolute atomic E-state index is 5.41. The van der Waals surface area contributed by atoms with Crippen molar-refractivity contribution in [3.63, 3.8) is 0 Å². The monoisotopic (exact) mass is 416 g/mol. The summed E-state index contributed by atoms with van der Waals surface area (Å²) in [5.41, 5.74) is 4.02. The summed E-state index contributed by atoms with van der Waals surface area (Å²) < 4.78 is 2.65. The van der Waals surface area contributed by atoms with Crippen LogP contribution in [0, 0.1) is 0 Å². The molecule has 30 heavy (non-hydrogen) atoms. The number of nitrogens with zero attached hydrogens (tertiary/aromatic N) is 2. The van der Waals surface area contributed by atoms with Crippen molar-refractivity contribution in [1.82, 2.24) is 4.57 Å². The van der Waals surface area contributed by atoms with Crippen molar-refractivity contribution < 1.29 is 0 Å². The average molecular weight is 417 g/mol. The Balaban J connectivity index is 1.73. The number of hydrogen-bond donors (Lipinski definition) is 0. The van der Waals surface area contributed by atoms with Crippen molar-refractivity contribution in [1.29, 1.82) is 0 Å². The largest absolute Gasteiger partial charge is 0.313 e. The van der Waals surface area contributed by atoms with Gasteiger partial charge in [0.15, 0.2) is 4.80 Å². The fourth-order valence-corrected chi connectivity index (χ4v) is 6.47. The Morgan fingerprint density at radius 3 is 1.87 bits per heavy atom. The van der Waals surface area contributed by atoms with Crippen LogP contribution in [0.4, 0.5) is 0 Å². The normalized spacial score (nSPS) is 19.3. The number of thiazole rings is 1. The highest BCUT2D eigenvalue weighted by molar-refractivity contribution is 7.13. The lowest BCUT2D eigenvalue weighted by molar-refractivity contribution is 0.347. The first-order valence-corrected chi connectivity index (χ1v) is 12.6. The summed E-state index contributed by atoms with van der Waals surface area (Å²) in [5.74, 6) is 0. The molecule has 3 heteroatoms. The first kappa shape index (κ1) is 19.8. The Morgan fingerprint density at radius 1 is 0.667 bits per heavy atom. The minimum atomic E-state index is 0.500. The van der Waals surface area contributed by atoms with E-state index in [9.17, 15) is 0 Å². The van der Waals surface area contributed by atoms with Gasteiger partial charge in [0.1, 0.15) is 0 Å². The van der Waals surface area contributed by atoms with Gasteiger partial charge in [-0.2, -0.15) is 0 Å². The zero-order valence-electron chi connectivity index (χ0n) is 17.8. The maximum atomic E-state index is 5.41. The first-order valence-electron chi connectivity index (χ1n) is 11.8. The molecule has 2 aliphatic rings. The lowest BCUT2D eigenvalue weighted by Gasteiger charge is -2.26. The molecule has 0 aliphatic heterocycles. The predicted molar refractivity (Wildman–Crippen MR) is 128 cm³/mol. The summed E-state index contributed by atoms with van der Waals surface area (Å²) in [7, 11) is 0. The van der Waals surface area contributed by atoms with Crippen LogP contribution in [0.5, 0.6) is 0 Å². The van der Waals surface area contributed by atoms with E-state index in [-0.39, 0.29) is 0 Å². The van der Waals surface area contributed by atoms with Crippen molar-refractivity contribution >= 4 is 11.3 Å². The molecule has 2 saturated carbocycles. The number of benzene rings is 2. The van der Waals surface area contributed by atoms with Crippen molar-refractivity contribution in [2.45, 2.75) is 76.3 Å². The first-order chi connectivity index (χ1) is 14.9. The van der Waals surface area contributed by atoms with Crippen LogP contribution in [-0.4, -0.2) is 10.6 Å². The van der Waals surface area contributed by atoms with Crippen LogP contribution in [0.2, 0.25) is 0 Å². The molecule has 1 aromatic heterocycles. The molecule has 2 aliphatic carbocycles. The van der Waals surface area contributed by atoms with E-state index in [0.717, 1.165) is 0 Å². The molecule has 0 spiro atoms. The van der Waals surface area contributed by atoms with Gasteiger partial charge < -0.3 is 4.57 Å². The van der Waals surface area contributed by atoms with Crippen molar-refractivity contribution in [2.24, 2.45) is 4.99 Å². The third-order valence-corrected chi connectivity index (χ3v) is 7.86. The zero-order chi connectivity index (χ0) is 20.2. The number of hydrogen-bond acceptors (Lipinski definition) is 2. The van der Waals surface area contributed by atoms with Gasteiger partial charge in [-0.1, -0.05) is 111 Å². The van der Waals surface area contributed by atoms with E-state index in [2.05, 4.69) is 65.2 Å². The van der Waals surface area contributed by atoms with Crippen LogP contribution in [0.3, 0.4) is 0 Å². The second kappa shape index (κ2) is 9.34. The molecule has 0 N–H and O–H groups in total. The molecule has 2 nitrogen and oxygen atoms in total. The molecule has 0 radical (unpaired) electrons. The fourth-order valence-electron chi connectivity index (χ4n) is 5.18. The summed E-state index contributed by atoms with van der Waals surface area (Å²) in [6.07, 6.45) is 13.2. The van der Waals surface area contributed by atoms with E-state index in [1.807, 2.05) is 11.3 Å². The highest BCUT2D eigenvalue weighted by atomic mass is 32.1. The topological polar surface area (TPSA) is 17.3 Å². The van der Waals surface area contributed by atoms with Crippen LogP contribution in [0.1, 0.15) is 70.3 Å². The SMILES string of the molecule is c1ccc(-c2sc(=NC3CCCCC3)n(C3CCCCC3)c2-c2ccccc2)cc1. The van der Waals surface area contributed by atoms with Gasteiger partial charge in [0.25, 0.3) is 0 Å². The highest BCUT2D eigenvalue weighted by Gasteiger charge is 2.25. The molecule has 0 atom stereocenters. The van der Waals surface area contributed by atoms with Crippen molar-refractivity contribution in [3.05, 3.63) is 65.5 Å². The Morgan fingerprint density at radius 2 is 1.23 bits per heavy atom. The van der Waals surface area contributed by atoms with Gasteiger partial charge in [-0.3, -0.25) is 4.99 Å². The third kappa shape index (κ3) is 4.18. The Labute approximate surface area is 184 Å². The number of aromatic nitrogens is 1. The van der Waals surface area contributed by atoms with Gasteiger partial charge in [-0.15, -0.1) is 0 Å². The third-order valence-electron chi connectivity index (χ3n) is 6.75. The van der Waals surface area contributed by atoms with Gasteiger partial charge in [0.2, 0.25) is 0 Å². The van der Waals surface area contributed by atoms with Crippen LogP contribution >= 0.6 is 11.3 Å². The summed E-state index contributed by atoms with van der Waals surface area (Å²) in [6.45, 7) is 0. The Hall–Kier alpha value is -2.13. The summed E-state index contributed by atoms with van der Waals surface area (Å²) >= 11 is 1.92. The van der Waals surface area contributed by atoms with Gasteiger partial charge >= 0.3 is 0 Å². The molecule has 0 amide bonds. The zero-order valence-corrected chi connectivity index (χ0v) is 18.6. The molecule has 3 aromatic rings. The van der Waals surface area contributed by atoms with Crippen molar-refractivity contribution in [2.75, 3.05) is 0 Å². The van der Waals surface area contributed by atoms with E-state index < -0.39 is 0 Å². The maximum Gasteiger partial charge on any atom is 0.186 e. The standard InChI is InChI=1S/C27H32N2S/c1-5-13-21(14-6-1)25-26(22-15-7-2-8-16-22)30-27(28-23-17-9-3-10-18-23)29(25)24-19-11-4-12-20-24/h1-2,5-8,13-16,23-24H,3-4,9-12,17-20H2. The van der Waals surface area contributed by atoms with E-state index in [0.29, 0.717) is 12.1 Å². The van der Waals surface area contributed by atoms with E-state index in [4.69, 9.17) is 4.99 Å². The van der Waals surface area contributed by atoms with Crippen LogP contribution in [-0.2, 0) is 0 Å². The molecule has 0 unspecified atom stereocenters. The highest BCUT2D eigenvalue weighted by Crippen LogP contribution is 2.39. The lowest BCUT2D eigenvalue weighted by atomic mass is 9.94. The molecule has 2 fully saturated rings. The summed E-state index contributed by atoms with van der Waals surface area (Å²) in [4.78, 5) is 8.04. The molecule has 0 saturated heterocycles. The van der Waals surface area contributed by atoms with E-state index >= 15 is 0 Å². The quantitative estimate of drug-likeness (QED) is 0.416. The average Bonchev–Trinajstić information content (AvgIpc) is 3.20.